The van der Waals surface area contributed by atoms with Crippen LogP contribution in [0.4, 0.5) is 0 Å². The minimum atomic E-state index is 0.0715. The van der Waals surface area contributed by atoms with Crippen LogP contribution in [0.25, 0.3) is 0 Å². The van der Waals surface area contributed by atoms with Crippen molar-refractivity contribution in [1.29, 1.82) is 0 Å². The van der Waals surface area contributed by atoms with Gasteiger partial charge < -0.3 is 15.5 Å². The highest BCUT2D eigenvalue weighted by molar-refractivity contribution is 5.77. The maximum atomic E-state index is 12.7. The maximum Gasteiger partial charge on any atom is 0.220 e. The molecule has 2 aliphatic heterocycles. The molecule has 0 aromatic heterocycles. The zero-order valence-corrected chi connectivity index (χ0v) is 16.5. The molecule has 5 heteroatoms. The van der Waals surface area contributed by atoms with E-state index in [1.165, 1.54) is 12.8 Å². The van der Waals surface area contributed by atoms with E-state index in [-0.39, 0.29) is 28.9 Å². The average molecular weight is 350 g/mol. The second-order valence-corrected chi connectivity index (χ2v) is 9.97. The van der Waals surface area contributed by atoms with Crippen molar-refractivity contribution in [3.63, 3.8) is 0 Å². The third-order valence-electron chi connectivity index (χ3n) is 6.13. The number of hydrogen-bond donors (Lipinski definition) is 2. The summed E-state index contributed by atoms with van der Waals surface area (Å²) >= 11 is 0. The number of rotatable bonds is 4. The molecule has 2 N–H and O–H groups in total. The number of nitrogens with one attached hydrogen (secondary N) is 2. The molecule has 1 aliphatic carbocycles. The van der Waals surface area contributed by atoms with E-state index in [1.54, 1.807) is 6.92 Å². The van der Waals surface area contributed by atoms with E-state index in [9.17, 15) is 9.59 Å². The Morgan fingerprint density at radius 1 is 1.08 bits per heavy atom. The summed E-state index contributed by atoms with van der Waals surface area (Å²) in [6.07, 6.45) is 5.15. The molecule has 142 valence electrons. The van der Waals surface area contributed by atoms with Crippen molar-refractivity contribution in [2.75, 3.05) is 13.1 Å². The molecule has 2 saturated heterocycles. The van der Waals surface area contributed by atoms with Gasteiger partial charge in [-0.15, -0.1) is 0 Å². The van der Waals surface area contributed by atoms with Crippen molar-refractivity contribution in [2.24, 2.45) is 17.8 Å². The number of likely N-dealkylation sites (tertiary alicyclic amines) is 1. The van der Waals surface area contributed by atoms with Crippen molar-refractivity contribution >= 4 is 11.8 Å². The molecule has 2 heterocycles. The fourth-order valence-corrected chi connectivity index (χ4v) is 5.45. The van der Waals surface area contributed by atoms with Gasteiger partial charge in [-0.25, -0.2) is 0 Å². The summed E-state index contributed by atoms with van der Waals surface area (Å²) in [5.41, 5.74) is 0.143. The topological polar surface area (TPSA) is 61.4 Å². The summed E-state index contributed by atoms with van der Waals surface area (Å²) in [4.78, 5) is 26.4. The molecule has 3 rings (SSSR count). The van der Waals surface area contributed by atoms with Crippen molar-refractivity contribution in [2.45, 2.75) is 83.8 Å². The smallest absolute Gasteiger partial charge is 0.220 e. The van der Waals surface area contributed by atoms with Crippen molar-refractivity contribution in [1.82, 2.24) is 15.5 Å². The molecule has 1 saturated carbocycles. The average Bonchev–Trinajstić information content (AvgIpc) is 3.16. The van der Waals surface area contributed by atoms with Crippen LogP contribution >= 0.6 is 0 Å². The standard InChI is InChI=1S/C20H35N3O2/c1-13(24)23-11-16(15-6-7-15)17(12-23)21-18(25)8-14-9-19(2,3)22-20(4,5)10-14/h14-17,22H,6-12H2,1-5H3,(H,21,25)/t16-,17+/m0/s1. The number of hydrogen-bond acceptors (Lipinski definition) is 3. The monoisotopic (exact) mass is 349 g/mol. The van der Waals surface area contributed by atoms with Gasteiger partial charge in [-0.3, -0.25) is 9.59 Å². The lowest BCUT2D eigenvalue weighted by molar-refractivity contribution is -0.128. The molecule has 0 bridgehead atoms. The fraction of sp³-hybridized carbons (Fsp3) is 0.900. The SMILES string of the molecule is CC(=O)N1C[C@@H](NC(=O)CC2CC(C)(C)NC(C)(C)C2)[C@H](C2CC2)C1. The normalized spacial score (nSPS) is 31.8. The van der Waals surface area contributed by atoms with Gasteiger partial charge in [0.1, 0.15) is 0 Å². The largest absolute Gasteiger partial charge is 0.351 e. The lowest BCUT2D eigenvalue weighted by Crippen LogP contribution is -2.58. The van der Waals surface area contributed by atoms with E-state index in [2.05, 4.69) is 38.3 Å². The van der Waals surface area contributed by atoms with Crippen LogP contribution in [0.5, 0.6) is 0 Å². The molecule has 3 fully saturated rings. The van der Waals surface area contributed by atoms with E-state index < -0.39 is 0 Å². The first-order valence-electron chi connectivity index (χ1n) is 9.89. The third kappa shape index (κ3) is 4.75. The molecule has 0 unspecified atom stereocenters. The zero-order valence-electron chi connectivity index (χ0n) is 16.5. The predicted molar refractivity (Wildman–Crippen MR) is 99.0 cm³/mol. The molecule has 0 aromatic rings. The van der Waals surface area contributed by atoms with Crippen LogP contribution in [0, 0.1) is 17.8 Å². The molecule has 2 amide bonds. The second-order valence-electron chi connectivity index (χ2n) is 9.97. The number of carbonyl (C=O) groups excluding carboxylic acids is 2. The van der Waals surface area contributed by atoms with E-state index in [0.717, 1.165) is 19.4 Å². The van der Waals surface area contributed by atoms with Crippen LogP contribution in [0.1, 0.15) is 66.7 Å². The Bertz CT molecular complexity index is 523. The molecular formula is C20H35N3O2. The van der Waals surface area contributed by atoms with Crippen LogP contribution in [-0.4, -0.2) is 46.9 Å². The van der Waals surface area contributed by atoms with Gasteiger partial charge in [0.25, 0.3) is 0 Å². The first-order chi connectivity index (χ1) is 11.5. The number of carbonyl (C=O) groups is 2. The van der Waals surface area contributed by atoms with Gasteiger partial charge in [0, 0.05) is 43.4 Å². The van der Waals surface area contributed by atoms with Gasteiger partial charge in [0.15, 0.2) is 0 Å². The molecule has 3 aliphatic rings. The quantitative estimate of drug-likeness (QED) is 0.819. The summed E-state index contributed by atoms with van der Waals surface area (Å²) < 4.78 is 0. The van der Waals surface area contributed by atoms with E-state index >= 15 is 0 Å². The summed E-state index contributed by atoms with van der Waals surface area (Å²) in [5, 5.41) is 6.96. The Morgan fingerprint density at radius 2 is 1.68 bits per heavy atom. The number of amides is 2. The maximum absolute atomic E-state index is 12.7. The van der Waals surface area contributed by atoms with Crippen molar-refractivity contribution in [3.8, 4) is 0 Å². The number of nitrogens with zero attached hydrogens (tertiary/aromatic N) is 1. The Balaban J connectivity index is 1.57. The molecule has 2 atom stereocenters. The molecule has 0 radical (unpaired) electrons. The van der Waals surface area contributed by atoms with Crippen molar-refractivity contribution in [3.05, 3.63) is 0 Å². The minimum Gasteiger partial charge on any atom is -0.351 e. The molecule has 25 heavy (non-hydrogen) atoms. The van der Waals surface area contributed by atoms with Gasteiger partial charge in [0.05, 0.1) is 6.04 Å². The minimum absolute atomic E-state index is 0.0715. The van der Waals surface area contributed by atoms with E-state index in [4.69, 9.17) is 0 Å². The van der Waals surface area contributed by atoms with Gasteiger partial charge in [-0.05, 0) is 65.2 Å². The summed E-state index contributed by atoms with van der Waals surface area (Å²) in [6.45, 7) is 12.0. The third-order valence-corrected chi connectivity index (χ3v) is 6.13. The van der Waals surface area contributed by atoms with Crippen LogP contribution in [-0.2, 0) is 9.59 Å². The lowest BCUT2D eigenvalue weighted by atomic mass is 9.74. The molecular weight excluding hydrogens is 314 g/mol. The van der Waals surface area contributed by atoms with Gasteiger partial charge in [-0.2, -0.15) is 0 Å². The van der Waals surface area contributed by atoms with E-state index in [1.807, 2.05) is 4.90 Å². The summed E-state index contributed by atoms with van der Waals surface area (Å²) in [6, 6.07) is 0.145. The molecule has 5 nitrogen and oxygen atoms in total. The Morgan fingerprint density at radius 3 is 2.20 bits per heavy atom. The second kappa shape index (κ2) is 6.57. The van der Waals surface area contributed by atoms with Gasteiger partial charge in [-0.1, -0.05) is 0 Å². The highest BCUT2D eigenvalue weighted by Crippen LogP contribution is 2.41. The highest BCUT2D eigenvalue weighted by atomic mass is 16.2. The predicted octanol–water partition coefficient (Wildman–Crippen LogP) is 2.31. The summed E-state index contributed by atoms with van der Waals surface area (Å²) in [7, 11) is 0. The zero-order chi connectivity index (χ0) is 18.4. The van der Waals surface area contributed by atoms with Gasteiger partial charge >= 0.3 is 0 Å². The first-order valence-corrected chi connectivity index (χ1v) is 9.89. The van der Waals surface area contributed by atoms with Crippen LogP contribution in [0.3, 0.4) is 0 Å². The molecule has 0 spiro atoms. The fourth-order valence-electron chi connectivity index (χ4n) is 5.45. The lowest BCUT2D eigenvalue weighted by Gasteiger charge is -2.46. The van der Waals surface area contributed by atoms with Gasteiger partial charge in [0.2, 0.25) is 11.8 Å². The Kier molecular flexibility index (Phi) is 4.91. The summed E-state index contributed by atoms with van der Waals surface area (Å²) in [5.74, 6) is 1.86. The number of piperidine rings is 1. The van der Waals surface area contributed by atoms with Crippen LogP contribution in [0.15, 0.2) is 0 Å². The van der Waals surface area contributed by atoms with Crippen LogP contribution < -0.4 is 10.6 Å². The first kappa shape index (κ1) is 18.7. The Hall–Kier alpha value is -1.10. The highest BCUT2D eigenvalue weighted by Gasteiger charge is 2.44. The Labute approximate surface area is 152 Å². The van der Waals surface area contributed by atoms with E-state index in [0.29, 0.717) is 30.7 Å². The van der Waals surface area contributed by atoms with Crippen molar-refractivity contribution < 1.29 is 9.59 Å². The van der Waals surface area contributed by atoms with Crippen LogP contribution in [0.2, 0.25) is 0 Å². The molecule has 0 aromatic carbocycles.